The first kappa shape index (κ1) is 9.86. The maximum Gasteiger partial charge on any atom is 0.138 e. The van der Waals surface area contributed by atoms with Crippen molar-refractivity contribution >= 4 is 0 Å². The molecule has 2 rings (SSSR count). The topological polar surface area (TPSA) is 50.9 Å². The van der Waals surface area contributed by atoms with Crippen molar-refractivity contribution < 1.29 is 5.11 Å². The fourth-order valence-corrected chi connectivity index (χ4v) is 1.53. The predicted octanol–water partition coefficient (Wildman–Crippen LogP) is 1.71. The van der Waals surface area contributed by atoms with Crippen LogP contribution in [-0.2, 0) is 0 Å². The molecule has 1 aromatic carbocycles. The van der Waals surface area contributed by atoms with Crippen LogP contribution in [0.2, 0.25) is 0 Å². The Morgan fingerprint density at radius 1 is 1.40 bits per heavy atom. The van der Waals surface area contributed by atoms with E-state index < -0.39 is 6.10 Å². The normalized spacial score (nSPS) is 12.7. The quantitative estimate of drug-likeness (QED) is 0.826. The minimum Gasteiger partial charge on any atom is -0.388 e. The molecule has 1 heterocycles. The van der Waals surface area contributed by atoms with Gasteiger partial charge < -0.3 is 5.11 Å². The maximum atomic E-state index is 9.85. The van der Waals surface area contributed by atoms with E-state index in [4.69, 9.17) is 0 Å². The van der Waals surface area contributed by atoms with Gasteiger partial charge >= 0.3 is 0 Å². The number of aliphatic hydroxyl groups excluding tert-OH is 1. The van der Waals surface area contributed by atoms with Crippen LogP contribution < -0.4 is 0 Å². The van der Waals surface area contributed by atoms with Gasteiger partial charge in [0.15, 0.2) is 0 Å². The zero-order valence-electron chi connectivity index (χ0n) is 8.54. The third-order valence-electron chi connectivity index (χ3n) is 2.35. The fourth-order valence-electron chi connectivity index (χ4n) is 1.53. The molecule has 2 aromatic rings. The molecule has 0 aliphatic carbocycles. The average molecular weight is 203 g/mol. The molecule has 1 N–H and O–H groups in total. The Bertz CT molecular complexity index is 425. The van der Waals surface area contributed by atoms with Crippen molar-refractivity contribution in [3.05, 3.63) is 42.5 Å². The molecule has 0 aliphatic rings. The predicted molar refractivity (Wildman–Crippen MR) is 56.6 cm³/mol. The molecule has 1 aromatic heterocycles. The van der Waals surface area contributed by atoms with E-state index in [0.717, 1.165) is 11.3 Å². The highest BCUT2D eigenvalue weighted by Crippen LogP contribution is 2.22. The van der Waals surface area contributed by atoms with E-state index in [-0.39, 0.29) is 0 Å². The Hall–Kier alpha value is -1.68. The van der Waals surface area contributed by atoms with Crippen LogP contribution in [-0.4, -0.2) is 19.9 Å². The molecule has 0 bridgehead atoms. The fraction of sp³-hybridized carbons (Fsp3) is 0.273. The molecule has 4 heteroatoms. The molecule has 0 saturated carbocycles. The first-order valence-electron chi connectivity index (χ1n) is 4.95. The van der Waals surface area contributed by atoms with Gasteiger partial charge in [0, 0.05) is 5.56 Å². The van der Waals surface area contributed by atoms with Gasteiger partial charge in [-0.15, -0.1) is 0 Å². The number of aliphatic hydroxyl groups is 1. The highest BCUT2D eigenvalue weighted by Gasteiger charge is 2.11. The lowest BCUT2D eigenvalue weighted by molar-refractivity contribution is 0.173. The van der Waals surface area contributed by atoms with Crippen LogP contribution in [0.5, 0.6) is 0 Å². The van der Waals surface area contributed by atoms with E-state index in [2.05, 4.69) is 10.1 Å². The number of nitrogens with zero attached hydrogens (tertiary/aromatic N) is 3. The molecule has 4 nitrogen and oxygen atoms in total. The Kier molecular flexibility index (Phi) is 2.78. The Labute approximate surface area is 88.2 Å². The summed E-state index contributed by atoms with van der Waals surface area (Å²) in [6, 6.07) is 7.66. The van der Waals surface area contributed by atoms with E-state index in [1.54, 1.807) is 11.0 Å². The first-order chi connectivity index (χ1) is 7.33. The van der Waals surface area contributed by atoms with Crippen molar-refractivity contribution in [1.82, 2.24) is 14.8 Å². The van der Waals surface area contributed by atoms with Gasteiger partial charge in [0.25, 0.3) is 0 Å². The van der Waals surface area contributed by atoms with Crippen LogP contribution >= 0.6 is 0 Å². The number of benzene rings is 1. The van der Waals surface area contributed by atoms with Crippen LogP contribution in [0.1, 0.15) is 25.0 Å². The van der Waals surface area contributed by atoms with Crippen molar-refractivity contribution in [2.75, 3.05) is 0 Å². The van der Waals surface area contributed by atoms with Crippen LogP contribution in [0.3, 0.4) is 0 Å². The lowest BCUT2D eigenvalue weighted by atomic mass is 10.1. The first-order valence-corrected chi connectivity index (χ1v) is 4.95. The molecule has 15 heavy (non-hydrogen) atoms. The minimum absolute atomic E-state index is 0.453. The van der Waals surface area contributed by atoms with E-state index in [1.165, 1.54) is 6.33 Å². The standard InChI is InChI=1S/C11H13N3O/c1-2-11(15)9-5-3-4-6-10(9)14-8-12-7-13-14/h3-8,11,15H,2H2,1H3. The largest absolute Gasteiger partial charge is 0.388 e. The number of hydrogen-bond acceptors (Lipinski definition) is 3. The number of hydrogen-bond donors (Lipinski definition) is 1. The Morgan fingerprint density at radius 3 is 2.87 bits per heavy atom. The van der Waals surface area contributed by atoms with Gasteiger partial charge in [0.05, 0.1) is 11.8 Å². The van der Waals surface area contributed by atoms with E-state index >= 15 is 0 Å². The second-order valence-electron chi connectivity index (χ2n) is 3.32. The van der Waals surface area contributed by atoms with Crippen molar-refractivity contribution in [2.24, 2.45) is 0 Å². The summed E-state index contributed by atoms with van der Waals surface area (Å²) in [6.07, 6.45) is 3.34. The minimum atomic E-state index is -0.453. The zero-order chi connectivity index (χ0) is 10.7. The van der Waals surface area contributed by atoms with E-state index in [0.29, 0.717) is 6.42 Å². The third kappa shape index (κ3) is 1.89. The number of aromatic nitrogens is 3. The second-order valence-corrected chi connectivity index (χ2v) is 3.32. The van der Waals surface area contributed by atoms with Gasteiger partial charge in [0.1, 0.15) is 12.7 Å². The van der Waals surface area contributed by atoms with Gasteiger partial charge in [-0.25, -0.2) is 9.67 Å². The summed E-state index contributed by atoms with van der Waals surface area (Å²) in [5.74, 6) is 0. The van der Waals surface area contributed by atoms with E-state index in [1.807, 2.05) is 31.2 Å². The van der Waals surface area contributed by atoms with Gasteiger partial charge in [-0.2, -0.15) is 5.10 Å². The molecule has 0 fully saturated rings. The number of para-hydroxylation sites is 1. The lowest BCUT2D eigenvalue weighted by Gasteiger charge is -2.13. The molecular weight excluding hydrogens is 190 g/mol. The summed E-state index contributed by atoms with van der Waals surface area (Å²) in [7, 11) is 0. The molecule has 1 unspecified atom stereocenters. The maximum absolute atomic E-state index is 9.85. The van der Waals surface area contributed by atoms with Gasteiger partial charge in [-0.1, -0.05) is 25.1 Å². The van der Waals surface area contributed by atoms with Gasteiger partial charge in [-0.05, 0) is 12.5 Å². The smallest absolute Gasteiger partial charge is 0.138 e. The molecule has 0 saturated heterocycles. The molecular formula is C11H13N3O. The molecule has 0 amide bonds. The molecule has 78 valence electrons. The van der Waals surface area contributed by atoms with Crippen molar-refractivity contribution in [2.45, 2.75) is 19.4 Å². The molecule has 0 aliphatic heterocycles. The summed E-state index contributed by atoms with van der Waals surface area (Å²) in [6.45, 7) is 1.95. The second kappa shape index (κ2) is 4.23. The third-order valence-corrected chi connectivity index (χ3v) is 2.35. The van der Waals surface area contributed by atoms with Crippen LogP contribution in [0.25, 0.3) is 5.69 Å². The summed E-state index contributed by atoms with van der Waals surface area (Å²) in [5, 5.41) is 13.9. The van der Waals surface area contributed by atoms with Crippen molar-refractivity contribution in [3.63, 3.8) is 0 Å². The summed E-state index contributed by atoms with van der Waals surface area (Å²) >= 11 is 0. The van der Waals surface area contributed by atoms with Crippen molar-refractivity contribution in [3.8, 4) is 5.69 Å². The zero-order valence-corrected chi connectivity index (χ0v) is 8.54. The molecule has 0 radical (unpaired) electrons. The van der Waals surface area contributed by atoms with Gasteiger partial charge in [0.2, 0.25) is 0 Å². The van der Waals surface area contributed by atoms with E-state index in [9.17, 15) is 5.11 Å². The monoisotopic (exact) mass is 203 g/mol. The summed E-state index contributed by atoms with van der Waals surface area (Å²) in [5.41, 5.74) is 1.76. The van der Waals surface area contributed by atoms with Gasteiger partial charge in [-0.3, -0.25) is 0 Å². The SMILES string of the molecule is CCC(O)c1ccccc1-n1cncn1. The highest BCUT2D eigenvalue weighted by molar-refractivity contribution is 5.41. The average Bonchev–Trinajstić information content (AvgIpc) is 2.81. The Morgan fingerprint density at radius 2 is 2.20 bits per heavy atom. The Balaban J connectivity index is 2.47. The molecule has 0 spiro atoms. The highest BCUT2D eigenvalue weighted by atomic mass is 16.3. The summed E-state index contributed by atoms with van der Waals surface area (Å²) < 4.78 is 1.66. The van der Waals surface area contributed by atoms with Crippen LogP contribution in [0.4, 0.5) is 0 Å². The molecule has 1 atom stereocenters. The van der Waals surface area contributed by atoms with Crippen LogP contribution in [0, 0.1) is 0 Å². The van der Waals surface area contributed by atoms with Crippen LogP contribution in [0.15, 0.2) is 36.9 Å². The summed E-state index contributed by atoms with van der Waals surface area (Å²) in [4.78, 5) is 3.90. The lowest BCUT2D eigenvalue weighted by Crippen LogP contribution is -2.04. The van der Waals surface area contributed by atoms with Crippen molar-refractivity contribution in [1.29, 1.82) is 0 Å². The number of rotatable bonds is 3.